The van der Waals surface area contributed by atoms with Crippen molar-refractivity contribution in [2.24, 2.45) is 0 Å². The Morgan fingerprint density at radius 2 is 1.72 bits per heavy atom. The fourth-order valence-electron chi connectivity index (χ4n) is 2.19. The number of ether oxygens (including phenoxy) is 1. The Balaban J connectivity index is 1.86. The van der Waals surface area contributed by atoms with Crippen LogP contribution in [-0.4, -0.2) is 23.9 Å². The summed E-state index contributed by atoms with van der Waals surface area (Å²) in [4.78, 5) is 0. The van der Waals surface area contributed by atoms with Crippen molar-refractivity contribution in [2.45, 2.75) is 44.4 Å². The van der Waals surface area contributed by atoms with E-state index >= 15 is 0 Å². The molecule has 0 aromatic heterocycles. The lowest BCUT2D eigenvalue weighted by molar-refractivity contribution is -0.0498. The quantitative estimate of drug-likeness (QED) is 0.871. The van der Waals surface area contributed by atoms with E-state index in [-0.39, 0.29) is 11.9 Å². The van der Waals surface area contributed by atoms with E-state index in [1.54, 1.807) is 12.1 Å². The highest BCUT2D eigenvalue weighted by molar-refractivity contribution is 5.47. The Kier molecular flexibility index (Phi) is 4.36. The molecular weight excluding hydrogens is 240 g/mol. The van der Waals surface area contributed by atoms with E-state index in [1.165, 1.54) is 12.1 Å². The van der Waals surface area contributed by atoms with E-state index in [0.717, 1.165) is 31.4 Å². The second-order valence-corrected chi connectivity index (χ2v) is 4.55. The van der Waals surface area contributed by atoms with E-state index in [1.807, 2.05) is 0 Å². The molecule has 5 heteroatoms. The molecule has 3 nitrogen and oxygen atoms in total. The summed E-state index contributed by atoms with van der Waals surface area (Å²) < 4.78 is 28.2. The summed E-state index contributed by atoms with van der Waals surface area (Å²) in [5.74, 6) is 0.162. The van der Waals surface area contributed by atoms with Crippen LogP contribution in [0.25, 0.3) is 0 Å². The van der Waals surface area contributed by atoms with E-state index in [0.29, 0.717) is 6.04 Å². The van der Waals surface area contributed by atoms with E-state index in [2.05, 4.69) is 10.1 Å². The highest BCUT2D eigenvalue weighted by Gasteiger charge is 2.18. The Morgan fingerprint density at radius 3 is 2.28 bits per heavy atom. The van der Waals surface area contributed by atoms with Crippen LogP contribution in [0, 0.1) is 0 Å². The summed E-state index contributed by atoms with van der Waals surface area (Å²) >= 11 is 0. The van der Waals surface area contributed by atoms with Gasteiger partial charge in [-0.1, -0.05) is 0 Å². The predicted octanol–water partition coefficient (Wildman–Crippen LogP) is 3.00. The number of benzene rings is 1. The van der Waals surface area contributed by atoms with Crippen molar-refractivity contribution in [1.82, 2.24) is 0 Å². The number of hydrogen-bond acceptors (Lipinski definition) is 3. The Hall–Kier alpha value is -1.36. The zero-order valence-electron chi connectivity index (χ0n) is 9.98. The van der Waals surface area contributed by atoms with Crippen LogP contribution in [0.3, 0.4) is 0 Å². The number of anilines is 1. The minimum absolute atomic E-state index is 0.162. The first kappa shape index (κ1) is 13.1. The first-order chi connectivity index (χ1) is 8.63. The zero-order valence-corrected chi connectivity index (χ0v) is 9.98. The fraction of sp³-hybridized carbons (Fsp3) is 0.538. The maximum atomic E-state index is 12.0. The van der Waals surface area contributed by atoms with Crippen molar-refractivity contribution >= 4 is 5.69 Å². The molecule has 1 aromatic rings. The van der Waals surface area contributed by atoms with Crippen LogP contribution in [0.15, 0.2) is 24.3 Å². The summed E-state index contributed by atoms with van der Waals surface area (Å²) in [6.07, 6.45) is 3.30. The third-order valence-electron chi connectivity index (χ3n) is 3.15. The van der Waals surface area contributed by atoms with Gasteiger partial charge in [-0.2, -0.15) is 8.78 Å². The molecule has 0 saturated heterocycles. The third kappa shape index (κ3) is 3.84. The van der Waals surface area contributed by atoms with Crippen molar-refractivity contribution in [2.75, 3.05) is 5.32 Å². The number of hydrogen-bond donors (Lipinski definition) is 2. The third-order valence-corrected chi connectivity index (χ3v) is 3.15. The molecule has 0 aliphatic heterocycles. The number of aliphatic hydroxyl groups excluding tert-OH is 1. The number of halogens is 2. The van der Waals surface area contributed by atoms with Crippen LogP contribution in [-0.2, 0) is 0 Å². The van der Waals surface area contributed by atoms with E-state index < -0.39 is 6.61 Å². The lowest BCUT2D eigenvalue weighted by Gasteiger charge is -2.27. The van der Waals surface area contributed by atoms with Crippen LogP contribution < -0.4 is 10.1 Å². The molecule has 0 bridgehead atoms. The first-order valence-electron chi connectivity index (χ1n) is 6.13. The van der Waals surface area contributed by atoms with Crippen LogP contribution in [0.5, 0.6) is 5.75 Å². The maximum absolute atomic E-state index is 12.0. The van der Waals surface area contributed by atoms with Crippen LogP contribution in [0.1, 0.15) is 25.7 Å². The Labute approximate surface area is 105 Å². The average molecular weight is 257 g/mol. The van der Waals surface area contributed by atoms with Gasteiger partial charge in [0.2, 0.25) is 0 Å². The highest BCUT2D eigenvalue weighted by Crippen LogP contribution is 2.23. The number of alkyl halides is 2. The summed E-state index contributed by atoms with van der Waals surface area (Å²) in [6, 6.07) is 6.83. The normalized spacial score (nSPS) is 24.0. The zero-order chi connectivity index (χ0) is 13.0. The van der Waals surface area contributed by atoms with Gasteiger partial charge < -0.3 is 15.2 Å². The molecule has 1 fully saturated rings. The highest BCUT2D eigenvalue weighted by atomic mass is 19.3. The van der Waals surface area contributed by atoms with Crippen molar-refractivity contribution < 1.29 is 18.6 Å². The van der Waals surface area contributed by atoms with E-state index in [4.69, 9.17) is 0 Å². The van der Waals surface area contributed by atoms with Gasteiger partial charge in [0.05, 0.1) is 6.10 Å². The summed E-state index contributed by atoms with van der Waals surface area (Å²) in [7, 11) is 0. The van der Waals surface area contributed by atoms with Crippen molar-refractivity contribution in [3.05, 3.63) is 24.3 Å². The summed E-state index contributed by atoms with van der Waals surface area (Å²) in [5.41, 5.74) is 0.887. The van der Waals surface area contributed by atoms with E-state index in [9.17, 15) is 13.9 Å². The number of nitrogens with one attached hydrogen (secondary N) is 1. The summed E-state index contributed by atoms with van der Waals surface area (Å²) in [5, 5.41) is 12.7. The van der Waals surface area contributed by atoms with Crippen molar-refractivity contribution in [1.29, 1.82) is 0 Å². The van der Waals surface area contributed by atoms with Crippen LogP contribution in [0.4, 0.5) is 14.5 Å². The molecule has 0 atom stereocenters. The van der Waals surface area contributed by atoms with Gasteiger partial charge in [-0.05, 0) is 49.9 Å². The van der Waals surface area contributed by atoms with Gasteiger partial charge >= 0.3 is 6.61 Å². The van der Waals surface area contributed by atoms with Gasteiger partial charge in [0.1, 0.15) is 5.75 Å². The average Bonchev–Trinajstić information content (AvgIpc) is 2.34. The molecule has 0 radical (unpaired) electrons. The van der Waals surface area contributed by atoms with Crippen molar-refractivity contribution in [3.8, 4) is 5.75 Å². The summed E-state index contributed by atoms with van der Waals surface area (Å²) in [6.45, 7) is -2.79. The fourth-order valence-corrected chi connectivity index (χ4v) is 2.19. The molecule has 1 saturated carbocycles. The molecule has 2 N–H and O–H groups in total. The predicted molar refractivity (Wildman–Crippen MR) is 65.0 cm³/mol. The number of rotatable bonds is 4. The maximum Gasteiger partial charge on any atom is 0.387 e. The van der Waals surface area contributed by atoms with Gasteiger partial charge in [0.15, 0.2) is 0 Å². The van der Waals surface area contributed by atoms with Gasteiger partial charge in [-0.3, -0.25) is 0 Å². The first-order valence-corrected chi connectivity index (χ1v) is 6.13. The van der Waals surface area contributed by atoms with Gasteiger partial charge in [-0.15, -0.1) is 0 Å². The second-order valence-electron chi connectivity index (χ2n) is 4.55. The second kappa shape index (κ2) is 6.00. The molecule has 0 amide bonds. The molecule has 1 aromatic carbocycles. The topological polar surface area (TPSA) is 41.5 Å². The molecule has 1 aliphatic rings. The monoisotopic (exact) mass is 257 g/mol. The molecule has 0 unspecified atom stereocenters. The van der Waals surface area contributed by atoms with Gasteiger partial charge in [0.25, 0.3) is 0 Å². The number of aliphatic hydroxyl groups is 1. The lowest BCUT2D eigenvalue weighted by atomic mass is 9.93. The standard InChI is InChI=1S/C13H17F2NO2/c14-13(15)18-12-7-3-10(4-8-12)16-9-1-5-11(17)6-2-9/h3-4,7-9,11,13,16-17H,1-2,5-6H2. The molecular formula is C13H17F2NO2. The lowest BCUT2D eigenvalue weighted by Crippen LogP contribution is -2.28. The minimum atomic E-state index is -2.79. The van der Waals surface area contributed by atoms with Crippen LogP contribution >= 0.6 is 0 Å². The molecule has 0 spiro atoms. The molecule has 100 valence electrons. The SMILES string of the molecule is OC1CCC(Nc2ccc(OC(F)F)cc2)CC1. The van der Waals surface area contributed by atoms with Gasteiger partial charge in [0, 0.05) is 11.7 Å². The van der Waals surface area contributed by atoms with Crippen LogP contribution in [0.2, 0.25) is 0 Å². The van der Waals surface area contributed by atoms with Gasteiger partial charge in [-0.25, -0.2) is 0 Å². The Bertz CT molecular complexity index is 362. The molecule has 0 heterocycles. The minimum Gasteiger partial charge on any atom is -0.435 e. The van der Waals surface area contributed by atoms with Crippen molar-refractivity contribution in [3.63, 3.8) is 0 Å². The largest absolute Gasteiger partial charge is 0.435 e. The molecule has 1 aliphatic carbocycles. The smallest absolute Gasteiger partial charge is 0.387 e. The Morgan fingerprint density at radius 1 is 1.11 bits per heavy atom. The molecule has 2 rings (SSSR count). The molecule has 18 heavy (non-hydrogen) atoms.